The third kappa shape index (κ3) is 1.97. The van der Waals surface area contributed by atoms with Crippen molar-refractivity contribution in [1.29, 1.82) is 0 Å². The largest absolute Gasteiger partial charge is 0.384 e. The molecule has 3 nitrogen and oxygen atoms in total. The number of hydrogen-bond donors (Lipinski definition) is 1. The standard InChI is InChI=1S/C11H17N3/c1-2-7-14(9-3-4-9)10-5-6-13-11(12)8-10/h5-6,8-9H,2-4,7H2,1H3,(H2,12,13). The van der Waals surface area contributed by atoms with E-state index in [0.717, 1.165) is 12.6 Å². The van der Waals surface area contributed by atoms with Crippen molar-refractivity contribution in [2.75, 3.05) is 17.2 Å². The van der Waals surface area contributed by atoms with Crippen LogP contribution in [-0.2, 0) is 0 Å². The highest BCUT2D eigenvalue weighted by molar-refractivity contribution is 5.53. The smallest absolute Gasteiger partial charge is 0.125 e. The fourth-order valence-corrected chi connectivity index (χ4v) is 1.76. The molecule has 0 saturated heterocycles. The van der Waals surface area contributed by atoms with Crippen LogP contribution in [0.2, 0.25) is 0 Å². The van der Waals surface area contributed by atoms with Crippen molar-refractivity contribution >= 4 is 11.5 Å². The van der Waals surface area contributed by atoms with Crippen LogP contribution < -0.4 is 10.6 Å². The van der Waals surface area contributed by atoms with Gasteiger partial charge in [0.2, 0.25) is 0 Å². The van der Waals surface area contributed by atoms with E-state index in [1.54, 1.807) is 6.20 Å². The summed E-state index contributed by atoms with van der Waals surface area (Å²) in [5.41, 5.74) is 6.90. The highest BCUT2D eigenvalue weighted by Crippen LogP contribution is 2.31. The number of rotatable bonds is 4. The van der Waals surface area contributed by atoms with Gasteiger partial charge in [-0.15, -0.1) is 0 Å². The van der Waals surface area contributed by atoms with Crippen LogP contribution in [-0.4, -0.2) is 17.6 Å². The van der Waals surface area contributed by atoms with Gasteiger partial charge in [0, 0.05) is 30.5 Å². The first kappa shape index (κ1) is 9.31. The lowest BCUT2D eigenvalue weighted by molar-refractivity contribution is 0.762. The lowest BCUT2D eigenvalue weighted by Crippen LogP contribution is -2.26. The number of nitrogens with two attached hydrogens (primary N) is 1. The minimum Gasteiger partial charge on any atom is -0.384 e. The van der Waals surface area contributed by atoms with E-state index in [2.05, 4.69) is 16.8 Å². The van der Waals surface area contributed by atoms with Crippen LogP contribution in [0.5, 0.6) is 0 Å². The van der Waals surface area contributed by atoms with Gasteiger partial charge < -0.3 is 10.6 Å². The molecule has 1 fully saturated rings. The number of pyridine rings is 1. The van der Waals surface area contributed by atoms with Crippen molar-refractivity contribution in [2.24, 2.45) is 0 Å². The predicted molar refractivity (Wildman–Crippen MR) is 59.3 cm³/mol. The summed E-state index contributed by atoms with van der Waals surface area (Å²) < 4.78 is 0. The SMILES string of the molecule is CCCN(c1ccnc(N)c1)C1CC1. The molecule has 1 aromatic heterocycles. The van der Waals surface area contributed by atoms with Crippen LogP contribution >= 0.6 is 0 Å². The highest BCUT2D eigenvalue weighted by atomic mass is 15.2. The number of aromatic nitrogens is 1. The van der Waals surface area contributed by atoms with Gasteiger partial charge in [-0.1, -0.05) is 6.92 Å². The maximum absolute atomic E-state index is 5.68. The van der Waals surface area contributed by atoms with Crippen molar-refractivity contribution < 1.29 is 0 Å². The summed E-state index contributed by atoms with van der Waals surface area (Å²) in [6.45, 7) is 3.33. The van der Waals surface area contributed by atoms with Crippen LogP contribution in [0.4, 0.5) is 11.5 Å². The van der Waals surface area contributed by atoms with Crippen molar-refractivity contribution in [3.63, 3.8) is 0 Å². The molecule has 1 aliphatic carbocycles. The summed E-state index contributed by atoms with van der Waals surface area (Å²) >= 11 is 0. The Morgan fingerprint density at radius 2 is 2.36 bits per heavy atom. The Hall–Kier alpha value is -1.25. The zero-order valence-electron chi connectivity index (χ0n) is 8.61. The fraction of sp³-hybridized carbons (Fsp3) is 0.545. The van der Waals surface area contributed by atoms with Crippen LogP contribution in [0.25, 0.3) is 0 Å². The molecule has 0 aromatic carbocycles. The number of anilines is 2. The van der Waals surface area contributed by atoms with Gasteiger partial charge in [0.05, 0.1) is 0 Å². The molecule has 1 saturated carbocycles. The van der Waals surface area contributed by atoms with E-state index in [9.17, 15) is 0 Å². The molecule has 2 N–H and O–H groups in total. The molecule has 0 radical (unpaired) electrons. The summed E-state index contributed by atoms with van der Waals surface area (Å²) in [4.78, 5) is 6.46. The zero-order chi connectivity index (χ0) is 9.97. The topological polar surface area (TPSA) is 42.2 Å². The molecule has 0 atom stereocenters. The van der Waals surface area contributed by atoms with Crippen LogP contribution in [0.3, 0.4) is 0 Å². The van der Waals surface area contributed by atoms with Crippen molar-refractivity contribution in [1.82, 2.24) is 4.98 Å². The molecule has 1 aliphatic rings. The molecule has 14 heavy (non-hydrogen) atoms. The average molecular weight is 191 g/mol. The normalized spacial score (nSPS) is 15.5. The lowest BCUT2D eigenvalue weighted by atomic mass is 10.3. The van der Waals surface area contributed by atoms with Gasteiger partial charge in [0.1, 0.15) is 5.82 Å². The van der Waals surface area contributed by atoms with E-state index in [1.807, 2.05) is 12.1 Å². The van der Waals surface area contributed by atoms with Gasteiger partial charge in [0.25, 0.3) is 0 Å². The second-order valence-corrected chi connectivity index (χ2v) is 3.86. The van der Waals surface area contributed by atoms with E-state index in [4.69, 9.17) is 5.73 Å². The van der Waals surface area contributed by atoms with Gasteiger partial charge in [0.15, 0.2) is 0 Å². The van der Waals surface area contributed by atoms with Gasteiger partial charge in [-0.3, -0.25) is 0 Å². The first-order valence-electron chi connectivity index (χ1n) is 5.29. The average Bonchev–Trinajstić information content (AvgIpc) is 2.97. The molecule has 1 heterocycles. The van der Waals surface area contributed by atoms with Gasteiger partial charge in [-0.05, 0) is 25.3 Å². The van der Waals surface area contributed by atoms with Gasteiger partial charge >= 0.3 is 0 Å². The fourth-order valence-electron chi connectivity index (χ4n) is 1.76. The monoisotopic (exact) mass is 191 g/mol. The number of nitrogens with zero attached hydrogens (tertiary/aromatic N) is 2. The molecule has 2 rings (SSSR count). The van der Waals surface area contributed by atoms with Crippen LogP contribution in [0, 0.1) is 0 Å². The third-order valence-electron chi connectivity index (χ3n) is 2.55. The van der Waals surface area contributed by atoms with E-state index in [0.29, 0.717) is 5.82 Å². The molecule has 0 unspecified atom stereocenters. The first-order valence-corrected chi connectivity index (χ1v) is 5.29. The zero-order valence-corrected chi connectivity index (χ0v) is 8.61. The second kappa shape index (κ2) is 3.86. The van der Waals surface area contributed by atoms with E-state index in [-0.39, 0.29) is 0 Å². The van der Waals surface area contributed by atoms with Crippen molar-refractivity contribution in [3.05, 3.63) is 18.3 Å². The molecular weight excluding hydrogens is 174 g/mol. The van der Waals surface area contributed by atoms with Crippen LogP contribution in [0.15, 0.2) is 18.3 Å². The van der Waals surface area contributed by atoms with E-state index in [1.165, 1.54) is 24.9 Å². The molecule has 0 bridgehead atoms. The summed E-state index contributed by atoms with van der Waals surface area (Å²) in [5.74, 6) is 0.615. The molecular formula is C11H17N3. The maximum atomic E-state index is 5.68. The summed E-state index contributed by atoms with van der Waals surface area (Å²) in [7, 11) is 0. The molecule has 0 amide bonds. The molecule has 1 aromatic rings. The Kier molecular flexibility index (Phi) is 2.57. The third-order valence-corrected chi connectivity index (χ3v) is 2.55. The maximum Gasteiger partial charge on any atom is 0.125 e. The summed E-state index contributed by atoms with van der Waals surface area (Å²) in [6.07, 6.45) is 5.61. The minimum absolute atomic E-state index is 0.615. The van der Waals surface area contributed by atoms with Gasteiger partial charge in [-0.2, -0.15) is 0 Å². The molecule has 3 heteroatoms. The van der Waals surface area contributed by atoms with Crippen molar-refractivity contribution in [3.8, 4) is 0 Å². The minimum atomic E-state index is 0.615. The Labute approximate surface area is 84.9 Å². The Morgan fingerprint density at radius 3 is 2.93 bits per heavy atom. The lowest BCUT2D eigenvalue weighted by Gasteiger charge is -2.23. The van der Waals surface area contributed by atoms with Crippen LogP contribution in [0.1, 0.15) is 26.2 Å². The Balaban J connectivity index is 2.16. The molecule has 76 valence electrons. The predicted octanol–water partition coefficient (Wildman–Crippen LogP) is 2.04. The quantitative estimate of drug-likeness (QED) is 0.792. The highest BCUT2D eigenvalue weighted by Gasteiger charge is 2.28. The first-order chi connectivity index (χ1) is 6.81. The molecule has 0 spiro atoms. The van der Waals surface area contributed by atoms with E-state index < -0.39 is 0 Å². The van der Waals surface area contributed by atoms with E-state index >= 15 is 0 Å². The summed E-state index contributed by atoms with van der Waals surface area (Å²) in [6, 6.07) is 4.76. The Bertz CT molecular complexity index is 307. The van der Waals surface area contributed by atoms with Crippen molar-refractivity contribution in [2.45, 2.75) is 32.2 Å². The molecule has 0 aliphatic heterocycles. The van der Waals surface area contributed by atoms with Gasteiger partial charge in [-0.25, -0.2) is 4.98 Å². The summed E-state index contributed by atoms with van der Waals surface area (Å²) in [5, 5.41) is 0. The number of hydrogen-bond acceptors (Lipinski definition) is 3. The Morgan fingerprint density at radius 1 is 1.57 bits per heavy atom. The number of nitrogen functional groups attached to an aromatic ring is 1. The second-order valence-electron chi connectivity index (χ2n) is 3.86.